The highest BCUT2D eigenvalue weighted by Crippen LogP contribution is 2.13. The van der Waals surface area contributed by atoms with E-state index in [2.05, 4.69) is 15.3 Å². The van der Waals surface area contributed by atoms with E-state index in [-0.39, 0.29) is 5.91 Å². The fourth-order valence-corrected chi connectivity index (χ4v) is 1.80. The third kappa shape index (κ3) is 1.87. The highest BCUT2D eigenvalue weighted by Gasteiger charge is 2.18. The second-order valence-corrected chi connectivity index (χ2v) is 4.01. The lowest BCUT2D eigenvalue weighted by molar-refractivity contribution is 0.0937. The predicted molar refractivity (Wildman–Crippen MR) is 62.6 cm³/mol. The first-order valence-corrected chi connectivity index (χ1v) is 5.36. The Labute approximate surface area is 98.8 Å². The third-order valence-corrected chi connectivity index (χ3v) is 2.76. The smallest absolute Gasteiger partial charge is 0.298 e. The quantitative estimate of drug-likeness (QED) is 0.798. The van der Waals surface area contributed by atoms with Crippen LogP contribution in [0.1, 0.15) is 33.1 Å². The number of hydrogen-bond acceptors (Lipinski definition) is 4. The van der Waals surface area contributed by atoms with Crippen LogP contribution in [0.4, 0.5) is 0 Å². The molecular weight excluding hydrogens is 218 g/mol. The van der Waals surface area contributed by atoms with Crippen molar-refractivity contribution in [3.63, 3.8) is 0 Å². The van der Waals surface area contributed by atoms with E-state index in [0.29, 0.717) is 12.2 Å². The van der Waals surface area contributed by atoms with Crippen molar-refractivity contribution in [3.8, 4) is 0 Å². The van der Waals surface area contributed by atoms with Gasteiger partial charge in [-0.15, -0.1) is 0 Å². The SMILES string of the molecule is Cc1cc(C(=O)n2nc(C)c(CN)c2C)n[nH]1. The topological polar surface area (TPSA) is 89.6 Å². The lowest BCUT2D eigenvalue weighted by Crippen LogP contribution is -2.16. The minimum atomic E-state index is -0.241. The van der Waals surface area contributed by atoms with E-state index in [1.54, 1.807) is 6.07 Å². The van der Waals surface area contributed by atoms with E-state index in [9.17, 15) is 4.79 Å². The Hall–Kier alpha value is -1.95. The van der Waals surface area contributed by atoms with Gasteiger partial charge in [0, 0.05) is 23.5 Å². The van der Waals surface area contributed by atoms with Crippen LogP contribution in [-0.4, -0.2) is 25.9 Å². The summed E-state index contributed by atoms with van der Waals surface area (Å²) in [5, 5.41) is 10.9. The van der Waals surface area contributed by atoms with Gasteiger partial charge >= 0.3 is 0 Å². The molecule has 0 fully saturated rings. The number of hydrogen-bond donors (Lipinski definition) is 2. The lowest BCUT2D eigenvalue weighted by atomic mass is 10.2. The minimum absolute atomic E-state index is 0.241. The lowest BCUT2D eigenvalue weighted by Gasteiger charge is -2.00. The number of nitrogens with zero attached hydrogens (tertiary/aromatic N) is 3. The van der Waals surface area contributed by atoms with Gasteiger partial charge in [0.25, 0.3) is 5.91 Å². The summed E-state index contributed by atoms with van der Waals surface area (Å²) in [4.78, 5) is 12.1. The molecule has 0 radical (unpaired) electrons. The van der Waals surface area contributed by atoms with Gasteiger partial charge in [0.1, 0.15) is 0 Å². The number of nitrogens with one attached hydrogen (secondary N) is 1. The molecule has 0 unspecified atom stereocenters. The van der Waals surface area contributed by atoms with Gasteiger partial charge in [0.15, 0.2) is 5.69 Å². The molecule has 0 aliphatic rings. The van der Waals surface area contributed by atoms with Gasteiger partial charge in [-0.1, -0.05) is 0 Å². The fourth-order valence-electron chi connectivity index (χ4n) is 1.80. The minimum Gasteiger partial charge on any atom is -0.326 e. The molecule has 0 saturated heterocycles. The summed E-state index contributed by atoms with van der Waals surface area (Å²) >= 11 is 0. The van der Waals surface area contributed by atoms with E-state index < -0.39 is 0 Å². The molecule has 3 N–H and O–H groups in total. The van der Waals surface area contributed by atoms with Crippen LogP contribution in [0.25, 0.3) is 0 Å². The van der Waals surface area contributed by atoms with Crippen LogP contribution in [0.15, 0.2) is 6.07 Å². The van der Waals surface area contributed by atoms with Gasteiger partial charge in [-0.2, -0.15) is 14.9 Å². The molecule has 0 aromatic carbocycles. The fraction of sp³-hybridized carbons (Fsp3) is 0.364. The largest absolute Gasteiger partial charge is 0.326 e. The number of aromatic amines is 1. The standard InChI is InChI=1S/C11H15N5O/c1-6-4-10(14-13-6)11(17)16-8(3)9(5-12)7(2)15-16/h4H,5,12H2,1-3H3,(H,13,14). The van der Waals surface area contributed by atoms with Crippen molar-refractivity contribution in [1.82, 2.24) is 20.0 Å². The average Bonchev–Trinajstić information content (AvgIpc) is 2.83. The molecule has 0 bridgehead atoms. The van der Waals surface area contributed by atoms with E-state index in [0.717, 1.165) is 22.6 Å². The molecule has 6 nitrogen and oxygen atoms in total. The first-order chi connectivity index (χ1) is 8.04. The molecule has 0 spiro atoms. The molecule has 2 heterocycles. The first-order valence-electron chi connectivity index (χ1n) is 5.36. The van der Waals surface area contributed by atoms with Crippen molar-refractivity contribution < 1.29 is 4.79 Å². The van der Waals surface area contributed by atoms with Gasteiger partial charge < -0.3 is 5.73 Å². The Kier molecular flexibility index (Phi) is 2.81. The van der Waals surface area contributed by atoms with Gasteiger partial charge in [-0.05, 0) is 26.8 Å². The summed E-state index contributed by atoms with van der Waals surface area (Å²) in [5.41, 5.74) is 9.29. The first kappa shape index (κ1) is 11.5. The Morgan fingerprint density at radius 1 is 1.47 bits per heavy atom. The zero-order valence-electron chi connectivity index (χ0n) is 10.1. The van der Waals surface area contributed by atoms with Gasteiger partial charge in [0.05, 0.1) is 5.69 Å². The number of rotatable bonds is 2. The molecule has 0 saturated carbocycles. The molecule has 0 aliphatic heterocycles. The second kappa shape index (κ2) is 4.14. The molecule has 90 valence electrons. The summed E-state index contributed by atoms with van der Waals surface area (Å²) in [6.07, 6.45) is 0. The predicted octanol–water partition coefficient (Wildman–Crippen LogP) is 0.679. The number of H-pyrrole nitrogens is 1. The second-order valence-electron chi connectivity index (χ2n) is 4.01. The molecule has 0 aliphatic carbocycles. The summed E-state index contributed by atoms with van der Waals surface area (Å²) < 4.78 is 1.35. The molecule has 6 heteroatoms. The Morgan fingerprint density at radius 2 is 2.18 bits per heavy atom. The van der Waals surface area contributed by atoms with E-state index in [1.807, 2.05) is 20.8 Å². The highest BCUT2D eigenvalue weighted by atomic mass is 16.2. The molecule has 2 aromatic rings. The van der Waals surface area contributed by atoms with Crippen LogP contribution in [0.2, 0.25) is 0 Å². The summed E-state index contributed by atoms with van der Waals surface area (Å²) in [7, 11) is 0. The summed E-state index contributed by atoms with van der Waals surface area (Å²) in [6.45, 7) is 5.90. The van der Waals surface area contributed by atoms with Crippen molar-refractivity contribution in [3.05, 3.63) is 34.4 Å². The molecule has 2 aromatic heterocycles. The van der Waals surface area contributed by atoms with Gasteiger partial charge in [-0.3, -0.25) is 9.89 Å². The van der Waals surface area contributed by atoms with Crippen LogP contribution in [0, 0.1) is 20.8 Å². The maximum Gasteiger partial charge on any atom is 0.298 e. The van der Waals surface area contributed by atoms with Gasteiger partial charge in [0.2, 0.25) is 0 Å². The molecule has 0 amide bonds. The van der Waals surface area contributed by atoms with Crippen molar-refractivity contribution in [2.24, 2.45) is 5.73 Å². The van der Waals surface area contributed by atoms with Crippen molar-refractivity contribution in [1.29, 1.82) is 0 Å². The Balaban J connectivity index is 2.44. The summed E-state index contributed by atoms with van der Waals surface area (Å²) in [6, 6.07) is 1.70. The highest BCUT2D eigenvalue weighted by molar-refractivity contribution is 5.94. The monoisotopic (exact) mass is 233 g/mol. The number of nitrogens with two attached hydrogens (primary N) is 1. The van der Waals surface area contributed by atoms with E-state index >= 15 is 0 Å². The van der Waals surface area contributed by atoms with Crippen LogP contribution in [-0.2, 0) is 6.54 Å². The molecule has 0 atom stereocenters. The average molecular weight is 233 g/mol. The normalized spacial score (nSPS) is 10.8. The molecular formula is C11H15N5O. The third-order valence-electron chi connectivity index (χ3n) is 2.76. The van der Waals surface area contributed by atoms with Crippen molar-refractivity contribution in [2.75, 3.05) is 0 Å². The number of carbonyl (C=O) groups excluding carboxylic acids is 1. The Bertz CT molecular complexity index is 566. The number of carbonyl (C=O) groups is 1. The van der Waals surface area contributed by atoms with E-state index in [4.69, 9.17) is 5.73 Å². The molecule has 2 rings (SSSR count). The van der Waals surface area contributed by atoms with Crippen molar-refractivity contribution >= 4 is 5.91 Å². The summed E-state index contributed by atoms with van der Waals surface area (Å²) in [5.74, 6) is -0.241. The molecule has 17 heavy (non-hydrogen) atoms. The maximum absolute atomic E-state index is 12.1. The number of aromatic nitrogens is 4. The Morgan fingerprint density at radius 3 is 2.65 bits per heavy atom. The number of aryl methyl sites for hydroxylation is 2. The van der Waals surface area contributed by atoms with E-state index in [1.165, 1.54) is 4.68 Å². The van der Waals surface area contributed by atoms with Crippen LogP contribution < -0.4 is 5.73 Å². The van der Waals surface area contributed by atoms with Gasteiger partial charge in [-0.25, -0.2) is 0 Å². The van der Waals surface area contributed by atoms with Crippen LogP contribution >= 0.6 is 0 Å². The van der Waals surface area contributed by atoms with Crippen LogP contribution in [0.3, 0.4) is 0 Å². The van der Waals surface area contributed by atoms with Crippen molar-refractivity contribution in [2.45, 2.75) is 27.3 Å². The maximum atomic E-state index is 12.1. The zero-order valence-corrected chi connectivity index (χ0v) is 10.1. The van der Waals surface area contributed by atoms with Crippen LogP contribution in [0.5, 0.6) is 0 Å². The zero-order chi connectivity index (χ0) is 12.6.